The molecule has 2 aromatic carbocycles. The average Bonchev–Trinajstić information content (AvgIpc) is 2.50. The molecule has 0 aromatic heterocycles. The molecule has 1 N–H and O–H groups in total. The van der Waals surface area contributed by atoms with Gasteiger partial charge in [-0.05, 0) is 31.5 Å². The van der Waals surface area contributed by atoms with Gasteiger partial charge in [0.1, 0.15) is 0 Å². The molecular formula is C18H19NO3. The van der Waals surface area contributed by atoms with Gasteiger partial charge in [-0.25, -0.2) is 4.79 Å². The van der Waals surface area contributed by atoms with Crippen molar-refractivity contribution in [1.29, 1.82) is 0 Å². The van der Waals surface area contributed by atoms with Crippen LogP contribution in [0.2, 0.25) is 0 Å². The molecule has 4 nitrogen and oxygen atoms in total. The van der Waals surface area contributed by atoms with Crippen LogP contribution in [0.3, 0.4) is 0 Å². The Balaban J connectivity index is 1.97. The molecule has 22 heavy (non-hydrogen) atoms. The summed E-state index contributed by atoms with van der Waals surface area (Å²) in [4.78, 5) is 23.5. The second kappa shape index (κ2) is 7.41. The van der Waals surface area contributed by atoms with E-state index in [1.807, 2.05) is 43.3 Å². The molecule has 0 aliphatic heterocycles. The number of amides is 1. The Morgan fingerprint density at radius 3 is 2.23 bits per heavy atom. The summed E-state index contributed by atoms with van der Waals surface area (Å²) in [6, 6.07) is 14.7. The molecule has 0 radical (unpaired) electrons. The van der Waals surface area contributed by atoms with Crippen molar-refractivity contribution < 1.29 is 14.3 Å². The van der Waals surface area contributed by atoms with Crippen molar-refractivity contribution in [3.63, 3.8) is 0 Å². The van der Waals surface area contributed by atoms with E-state index >= 15 is 0 Å². The highest BCUT2D eigenvalue weighted by molar-refractivity contribution is 5.97. The summed E-state index contributed by atoms with van der Waals surface area (Å²) in [6.45, 7) is 4.07. The Hall–Kier alpha value is -2.62. The molecule has 0 aliphatic rings. The van der Waals surface area contributed by atoms with Crippen molar-refractivity contribution in [2.75, 3.05) is 11.9 Å². The van der Waals surface area contributed by atoms with Crippen LogP contribution in [0.1, 0.15) is 28.4 Å². The highest BCUT2D eigenvalue weighted by atomic mass is 16.5. The Kier molecular flexibility index (Phi) is 5.31. The molecule has 0 unspecified atom stereocenters. The standard InChI is InChI=1S/C18H19NO3/c1-3-22-18(21)19-16-10-6-14(7-11-16)12-17(20)15-8-4-13(2)5-9-15/h4-11H,3,12H2,1-2H3,(H,19,21). The van der Waals surface area contributed by atoms with E-state index in [2.05, 4.69) is 5.32 Å². The lowest BCUT2D eigenvalue weighted by molar-refractivity contribution is 0.0993. The number of ketones is 1. The van der Waals surface area contributed by atoms with E-state index in [0.29, 0.717) is 24.3 Å². The molecule has 4 heteroatoms. The van der Waals surface area contributed by atoms with Gasteiger partial charge in [-0.1, -0.05) is 42.0 Å². The minimum Gasteiger partial charge on any atom is -0.450 e. The van der Waals surface area contributed by atoms with Crippen molar-refractivity contribution in [3.8, 4) is 0 Å². The summed E-state index contributed by atoms with van der Waals surface area (Å²) in [7, 11) is 0. The quantitative estimate of drug-likeness (QED) is 0.849. The van der Waals surface area contributed by atoms with Crippen LogP contribution in [0.5, 0.6) is 0 Å². The van der Waals surface area contributed by atoms with E-state index in [1.54, 1.807) is 19.1 Å². The molecule has 1 amide bonds. The van der Waals surface area contributed by atoms with Crippen LogP contribution < -0.4 is 5.32 Å². The number of carbonyl (C=O) groups excluding carboxylic acids is 2. The second-order valence-electron chi connectivity index (χ2n) is 5.01. The summed E-state index contributed by atoms with van der Waals surface area (Å²) < 4.78 is 4.80. The average molecular weight is 297 g/mol. The first-order valence-electron chi connectivity index (χ1n) is 7.21. The van der Waals surface area contributed by atoms with Crippen LogP contribution in [-0.2, 0) is 11.2 Å². The van der Waals surface area contributed by atoms with Crippen LogP contribution in [0, 0.1) is 6.92 Å². The van der Waals surface area contributed by atoms with E-state index < -0.39 is 6.09 Å². The van der Waals surface area contributed by atoms with Gasteiger partial charge in [-0.2, -0.15) is 0 Å². The molecule has 0 saturated carbocycles. The molecule has 0 bridgehead atoms. The maximum absolute atomic E-state index is 12.2. The number of benzene rings is 2. The Bertz CT molecular complexity index is 645. The number of Topliss-reactive ketones (excluding diaryl/α,β-unsaturated/α-hetero) is 1. The van der Waals surface area contributed by atoms with Crippen molar-refractivity contribution in [1.82, 2.24) is 0 Å². The maximum Gasteiger partial charge on any atom is 0.411 e. The van der Waals surface area contributed by atoms with Crippen LogP contribution >= 0.6 is 0 Å². The van der Waals surface area contributed by atoms with Gasteiger partial charge in [0, 0.05) is 17.7 Å². The van der Waals surface area contributed by atoms with Crippen LogP contribution in [-0.4, -0.2) is 18.5 Å². The third kappa shape index (κ3) is 4.45. The number of carbonyl (C=O) groups is 2. The van der Waals surface area contributed by atoms with Crippen molar-refractivity contribution in [2.24, 2.45) is 0 Å². The lowest BCUT2D eigenvalue weighted by Crippen LogP contribution is -2.13. The fourth-order valence-corrected chi connectivity index (χ4v) is 2.02. The minimum atomic E-state index is -0.481. The summed E-state index contributed by atoms with van der Waals surface area (Å²) in [6.07, 6.45) is -0.145. The topological polar surface area (TPSA) is 55.4 Å². The number of anilines is 1. The van der Waals surface area contributed by atoms with E-state index in [0.717, 1.165) is 11.1 Å². The first kappa shape index (κ1) is 15.8. The fraction of sp³-hybridized carbons (Fsp3) is 0.222. The number of ether oxygens (including phenoxy) is 1. The molecule has 0 aliphatic carbocycles. The number of hydrogen-bond acceptors (Lipinski definition) is 3. The van der Waals surface area contributed by atoms with Gasteiger partial charge in [-0.3, -0.25) is 10.1 Å². The SMILES string of the molecule is CCOC(=O)Nc1ccc(CC(=O)c2ccc(C)cc2)cc1. The van der Waals surface area contributed by atoms with Crippen LogP contribution in [0.25, 0.3) is 0 Å². The van der Waals surface area contributed by atoms with E-state index in [4.69, 9.17) is 4.74 Å². The van der Waals surface area contributed by atoms with Gasteiger partial charge in [0.25, 0.3) is 0 Å². The number of hydrogen-bond donors (Lipinski definition) is 1. The molecule has 114 valence electrons. The summed E-state index contributed by atoms with van der Waals surface area (Å²) in [5.41, 5.74) is 3.38. The van der Waals surface area contributed by atoms with Gasteiger partial charge in [0.15, 0.2) is 5.78 Å². The van der Waals surface area contributed by atoms with Crippen molar-refractivity contribution in [2.45, 2.75) is 20.3 Å². The Morgan fingerprint density at radius 1 is 1.00 bits per heavy atom. The third-order valence-electron chi connectivity index (χ3n) is 3.21. The Morgan fingerprint density at radius 2 is 1.64 bits per heavy atom. The predicted molar refractivity (Wildman–Crippen MR) is 86.3 cm³/mol. The maximum atomic E-state index is 12.2. The molecule has 0 atom stereocenters. The second-order valence-corrected chi connectivity index (χ2v) is 5.01. The fourth-order valence-electron chi connectivity index (χ4n) is 2.02. The molecule has 0 fully saturated rings. The third-order valence-corrected chi connectivity index (χ3v) is 3.21. The highest BCUT2D eigenvalue weighted by Gasteiger charge is 2.07. The molecule has 0 spiro atoms. The zero-order chi connectivity index (χ0) is 15.9. The summed E-state index contributed by atoms with van der Waals surface area (Å²) >= 11 is 0. The lowest BCUT2D eigenvalue weighted by atomic mass is 10.0. The number of nitrogens with one attached hydrogen (secondary N) is 1. The predicted octanol–water partition coefficient (Wildman–Crippen LogP) is 3.99. The summed E-state index contributed by atoms with van der Waals surface area (Å²) in [5, 5.41) is 2.62. The van der Waals surface area contributed by atoms with E-state index in [1.165, 1.54) is 0 Å². The molecule has 0 saturated heterocycles. The van der Waals surface area contributed by atoms with Crippen LogP contribution in [0.4, 0.5) is 10.5 Å². The monoisotopic (exact) mass is 297 g/mol. The number of aryl methyl sites for hydroxylation is 1. The zero-order valence-corrected chi connectivity index (χ0v) is 12.8. The molecule has 0 heterocycles. The van der Waals surface area contributed by atoms with E-state index in [9.17, 15) is 9.59 Å². The van der Waals surface area contributed by atoms with Crippen LogP contribution in [0.15, 0.2) is 48.5 Å². The lowest BCUT2D eigenvalue weighted by Gasteiger charge is -2.06. The van der Waals surface area contributed by atoms with Gasteiger partial charge in [0.05, 0.1) is 6.61 Å². The molecule has 2 aromatic rings. The van der Waals surface area contributed by atoms with Gasteiger partial charge >= 0.3 is 6.09 Å². The van der Waals surface area contributed by atoms with E-state index in [-0.39, 0.29) is 5.78 Å². The largest absolute Gasteiger partial charge is 0.450 e. The minimum absolute atomic E-state index is 0.0751. The van der Waals surface area contributed by atoms with Gasteiger partial charge in [0.2, 0.25) is 0 Å². The number of rotatable bonds is 5. The van der Waals surface area contributed by atoms with Crippen molar-refractivity contribution >= 4 is 17.6 Å². The first-order chi connectivity index (χ1) is 10.6. The van der Waals surface area contributed by atoms with Crippen molar-refractivity contribution in [3.05, 3.63) is 65.2 Å². The molecule has 2 rings (SSSR count). The highest BCUT2D eigenvalue weighted by Crippen LogP contribution is 2.13. The normalized spacial score (nSPS) is 10.1. The molecular weight excluding hydrogens is 278 g/mol. The summed E-state index contributed by atoms with van der Waals surface area (Å²) in [5.74, 6) is 0.0751. The zero-order valence-electron chi connectivity index (χ0n) is 12.8. The van der Waals surface area contributed by atoms with Gasteiger partial charge < -0.3 is 4.74 Å². The smallest absolute Gasteiger partial charge is 0.411 e. The Labute approximate surface area is 130 Å². The van der Waals surface area contributed by atoms with Gasteiger partial charge in [-0.15, -0.1) is 0 Å². The first-order valence-corrected chi connectivity index (χ1v) is 7.21.